The summed E-state index contributed by atoms with van der Waals surface area (Å²) in [6.07, 6.45) is 1.35. The molecule has 0 saturated carbocycles. The predicted octanol–water partition coefficient (Wildman–Crippen LogP) is 3.02. The highest BCUT2D eigenvalue weighted by molar-refractivity contribution is 6.02. The summed E-state index contributed by atoms with van der Waals surface area (Å²) in [5.41, 5.74) is 1.43. The second kappa shape index (κ2) is 12.4. The van der Waals surface area contributed by atoms with Crippen LogP contribution in [0.15, 0.2) is 42.5 Å². The highest BCUT2D eigenvalue weighted by Gasteiger charge is 2.30. The van der Waals surface area contributed by atoms with Gasteiger partial charge in [-0.3, -0.25) is 19.7 Å². The number of hydroxylamine groups is 2. The molecule has 4 amide bonds. The first kappa shape index (κ1) is 28.9. The first-order valence-electron chi connectivity index (χ1n) is 13.3. The lowest BCUT2D eigenvalue weighted by Crippen LogP contribution is -2.40. The zero-order valence-electron chi connectivity index (χ0n) is 23.3. The molecule has 11 heteroatoms. The number of piperidine rings is 1. The minimum atomic E-state index is -0.488. The number of carbonyl (C=O) groups is 4. The molecular weight excluding hydrogens is 516 g/mol. The van der Waals surface area contributed by atoms with Gasteiger partial charge in [-0.15, -0.1) is 5.06 Å². The number of benzene rings is 2. The van der Waals surface area contributed by atoms with Crippen LogP contribution in [0.2, 0.25) is 0 Å². The average Bonchev–Trinajstić information content (AvgIpc) is 3.23. The Labute approximate surface area is 233 Å². The molecule has 2 saturated heterocycles. The maximum absolute atomic E-state index is 13.0. The molecule has 0 radical (unpaired) electrons. The van der Waals surface area contributed by atoms with Gasteiger partial charge in [-0.1, -0.05) is 18.2 Å². The van der Waals surface area contributed by atoms with Crippen molar-refractivity contribution >= 4 is 23.8 Å². The highest BCUT2D eigenvalue weighted by Crippen LogP contribution is 2.24. The molecule has 0 aromatic heterocycles. The number of hydrogen-bond acceptors (Lipinski definition) is 8. The van der Waals surface area contributed by atoms with E-state index in [4.69, 9.17) is 14.3 Å². The van der Waals surface area contributed by atoms with E-state index in [0.29, 0.717) is 48.6 Å². The van der Waals surface area contributed by atoms with Gasteiger partial charge in [0.25, 0.3) is 5.91 Å². The van der Waals surface area contributed by atoms with Crippen molar-refractivity contribution in [1.29, 1.82) is 0 Å². The molecule has 0 unspecified atom stereocenters. The molecule has 2 N–H and O–H groups in total. The van der Waals surface area contributed by atoms with Gasteiger partial charge in [0.05, 0.1) is 18.6 Å². The van der Waals surface area contributed by atoms with Crippen LogP contribution in [0.5, 0.6) is 11.5 Å². The lowest BCUT2D eigenvalue weighted by Gasteiger charge is -2.31. The van der Waals surface area contributed by atoms with Gasteiger partial charge in [0.1, 0.15) is 23.6 Å². The first-order valence-corrected chi connectivity index (χ1v) is 13.3. The van der Waals surface area contributed by atoms with Crippen LogP contribution in [0.3, 0.4) is 0 Å². The summed E-state index contributed by atoms with van der Waals surface area (Å²) < 4.78 is 10.9. The molecule has 2 aromatic carbocycles. The fourth-order valence-corrected chi connectivity index (χ4v) is 4.52. The summed E-state index contributed by atoms with van der Waals surface area (Å²) in [5, 5.41) is 6.98. The molecule has 0 bridgehead atoms. The van der Waals surface area contributed by atoms with E-state index >= 15 is 0 Å². The molecule has 40 heavy (non-hydrogen) atoms. The van der Waals surface area contributed by atoms with Gasteiger partial charge in [0, 0.05) is 26.2 Å². The summed E-state index contributed by atoms with van der Waals surface area (Å²) in [5.74, 6) is 0.128. The number of esters is 1. The van der Waals surface area contributed by atoms with Crippen molar-refractivity contribution in [3.63, 3.8) is 0 Å². The van der Waals surface area contributed by atoms with E-state index in [1.807, 2.05) is 50.1 Å². The van der Waals surface area contributed by atoms with Crippen molar-refractivity contribution in [2.45, 2.75) is 52.3 Å². The van der Waals surface area contributed by atoms with Crippen molar-refractivity contribution in [1.82, 2.24) is 20.6 Å². The number of rotatable bonds is 9. The Bertz CT molecular complexity index is 1250. The predicted molar refractivity (Wildman–Crippen MR) is 145 cm³/mol. The molecule has 2 aromatic rings. The zero-order chi connectivity index (χ0) is 28.9. The van der Waals surface area contributed by atoms with Gasteiger partial charge in [0.15, 0.2) is 0 Å². The second-order valence-corrected chi connectivity index (χ2v) is 10.9. The zero-order valence-corrected chi connectivity index (χ0v) is 23.3. The van der Waals surface area contributed by atoms with Crippen LogP contribution >= 0.6 is 0 Å². The minimum Gasteiger partial charge on any atom is -0.496 e. The number of carbonyl (C=O) groups excluding carboxylic acids is 4. The number of nitrogens with one attached hydrogen (secondary N) is 2. The number of imide groups is 1. The van der Waals surface area contributed by atoms with Crippen LogP contribution in [0.4, 0.5) is 4.79 Å². The SMILES string of the molecule is COc1ccc(CN2CC(=O)NC2=O)cc1C(=O)NCc1ccc(ON2CCC(C(=O)OC(C)(C)C)CC2)cc1. The van der Waals surface area contributed by atoms with E-state index in [9.17, 15) is 19.2 Å². The first-order chi connectivity index (χ1) is 19.0. The third-order valence-corrected chi connectivity index (χ3v) is 6.55. The van der Waals surface area contributed by atoms with E-state index in [2.05, 4.69) is 10.6 Å². The molecule has 11 nitrogen and oxygen atoms in total. The van der Waals surface area contributed by atoms with Crippen molar-refractivity contribution in [2.75, 3.05) is 26.7 Å². The highest BCUT2D eigenvalue weighted by atomic mass is 16.7. The Morgan fingerprint density at radius 2 is 1.70 bits per heavy atom. The van der Waals surface area contributed by atoms with Crippen LogP contribution in [0, 0.1) is 5.92 Å². The minimum absolute atomic E-state index is 0.0174. The largest absolute Gasteiger partial charge is 0.496 e. The van der Waals surface area contributed by atoms with Crippen LogP contribution in [-0.2, 0) is 27.4 Å². The molecular formula is C29H36N4O7. The molecule has 0 atom stereocenters. The summed E-state index contributed by atoms with van der Waals surface area (Å²) in [6, 6.07) is 12.1. The molecule has 2 fully saturated rings. The normalized spacial score (nSPS) is 16.4. The van der Waals surface area contributed by atoms with E-state index in [1.165, 1.54) is 12.0 Å². The van der Waals surface area contributed by atoms with E-state index in [0.717, 1.165) is 5.56 Å². The maximum atomic E-state index is 13.0. The Hall–Kier alpha value is -4.12. The lowest BCUT2D eigenvalue weighted by atomic mass is 9.98. The van der Waals surface area contributed by atoms with Gasteiger partial charge < -0.3 is 24.5 Å². The topological polar surface area (TPSA) is 127 Å². The van der Waals surface area contributed by atoms with Gasteiger partial charge in [-0.05, 0) is 69.0 Å². The summed E-state index contributed by atoms with van der Waals surface area (Å²) in [6.45, 7) is 7.33. The standard InChI is InChI=1S/C29H36N4O7/c1-29(2,3)39-27(36)21-11-13-33(14-12-21)40-22-8-5-19(6-9-22)16-30-26(35)23-15-20(7-10-24(23)38-4)17-32-18-25(34)31-28(32)37/h5-10,15,21H,11-14,16-18H2,1-4H3,(H,30,35)(H,31,34,37). The Balaban J connectivity index is 1.27. The molecule has 2 heterocycles. The number of urea groups is 1. The van der Waals surface area contributed by atoms with Gasteiger partial charge >= 0.3 is 12.0 Å². The third-order valence-electron chi connectivity index (χ3n) is 6.55. The Morgan fingerprint density at radius 1 is 1.02 bits per heavy atom. The summed E-state index contributed by atoms with van der Waals surface area (Å²) in [7, 11) is 1.48. The van der Waals surface area contributed by atoms with Crippen molar-refractivity contribution in [3.8, 4) is 11.5 Å². The average molecular weight is 553 g/mol. The van der Waals surface area contributed by atoms with Crippen LogP contribution < -0.4 is 20.2 Å². The molecule has 214 valence electrons. The van der Waals surface area contributed by atoms with Crippen molar-refractivity contribution in [3.05, 3.63) is 59.2 Å². The molecule has 2 aliphatic rings. The summed E-state index contributed by atoms with van der Waals surface area (Å²) in [4.78, 5) is 56.0. The number of hydrogen-bond donors (Lipinski definition) is 2. The molecule has 4 rings (SSSR count). The Kier molecular flexibility index (Phi) is 8.93. The number of ether oxygens (including phenoxy) is 2. The lowest BCUT2D eigenvalue weighted by molar-refractivity contribution is -0.165. The quantitative estimate of drug-likeness (QED) is 0.359. The molecule has 2 aliphatic heterocycles. The van der Waals surface area contributed by atoms with Crippen molar-refractivity contribution in [2.24, 2.45) is 5.92 Å². The van der Waals surface area contributed by atoms with E-state index < -0.39 is 11.6 Å². The second-order valence-electron chi connectivity index (χ2n) is 10.9. The maximum Gasteiger partial charge on any atom is 0.324 e. The fraction of sp³-hybridized carbons (Fsp3) is 0.448. The van der Waals surface area contributed by atoms with Crippen LogP contribution in [0.1, 0.15) is 55.1 Å². The summed E-state index contributed by atoms with van der Waals surface area (Å²) >= 11 is 0. The monoisotopic (exact) mass is 552 g/mol. The van der Waals surface area contributed by atoms with Gasteiger partial charge in [-0.25, -0.2) is 4.79 Å². The van der Waals surface area contributed by atoms with Crippen LogP contribution in [-0.4, -0.2) is 66.1 Å². The smallest absolute Gasteiger partial charge is 0.324 e. The third kappa shape index (κ3) is 7.72. The van der Waals surface area contributed by atoms with Crippen molar-refractivity contribution < 1.29 is 33.5 Å². The van der Waals surface area contributed by atoms with E-state index in [1.54, 1.807) is 18.2 Å². The number of methoxy groups -OCH3 is 1. The van der Waals surface area contributed by atoms with Gasteiger partial charge in [-0.2, -0.15) is 0 Å². The van der Waals surface area contributed by atoms with E-state index in [-0.39, 0.29) is 43.3 Å². The Morgan fingerprint density at radius 3 is 2.30 bits per heavy atom. The molecule has 0 spiro atoms. The fourth-order valence-electron chi connectivity index (χ4n) is 4.52. The van der Waals surface area contributed by atoms with Gasteiger partial charge in [0.2, 0.25) is 5.91 Å². The van der Waals surface area contributed by atoms with Crippen LogP contribution in [0.25, 0.3) is 0 Å². The number of nitrogens with zero attached hydrogens (tertiary/aromatic N) is 2. The molecule has 0 aliphatic carbocycles. The number of amides is 4.